The van der Waals surface area contributed by atoms with Crippen LogP contribution in [0.1, 0.15) is 56.7 Å². The molecule has 1 amide bonds. The zero-order chi connectivity index (χ0) is 17.5. The van der Waals surface area contributed by atoms with Gasteiger partial charge in [0.15, 0.2) is 0 Å². The number of nitrogens with one attached hydrogen (secondary N) is 1. The van der Waals surface area contributed by atoms with Gasteiger partial charge in [-0.25, -0.2) is 4.68 Å². The minimum Gasteiger partial charge on any atom is -0.371 e. The van der Waals surface area contributed by atoms with Gasteiger partial charge >= 0.3 is 0 Å². The van der Waals surface area contributed by atoms with Gasteiger partial charge in [0.2, 0.25) is 5.91 Å². The maximum absolute atomic E-state index is 12.0. The molecule has 0 bridgehead atoms. The van der Waals surface area contributed by atoms with E-state index in [-0.39, 0.29) is 36.1 Å². The number of carbonyl (C=O) groups excluding carboxylic acids is 1. The van der Waals surface area contributed by atoms with E-state index in [1.807, 2.05) is 4.68 Å². The van der Waals surface area contributed by atoms with Crippen LogP contribution in [-0.4, -0.2) is 52.4 Å². The SMILES string of the molecule is O=C(NC1COC2C1OCC2n1cc(CC2CCCCC2)nn1)C1CC1. The van der Waals surface area contributed by atoms with Crippen LogP contribution in [0, 0.1) is 11.8 Å². The Hall–Kier alpha value is -1.47. The van der Waals surface area contributed by atoms with Crippen LogP contribution in [0.15, 0.2) is 6.20 Å². The second-order valence-corrected chi connectivity index (χ2v) is 8.45. The van der Waals surface area contributed by atoms with Crippen molar-refractivity contribution in [3.8, 4) is 0 Å². The third-order valence-corrected chi connectivity index (χ3v) is 6.42. The molecule has 4 fully saturated rings. The van der Waals surface area contributed by atoms with E-state index >= 15 is 0 Å². The first-order valence-electron chi connectivity index (χ1n) is 10.2. The summed E-state index contributed by atoms with van der Waals surface area (Å²) in [6, 6.07) is 0.0127. The summed E-state index contributed by atoms with van der Waals surface area (Å²) in [5.74, 6) is 1.12. The molecule has 2 aliphatic carbocycles. The average Bonchev–Trinajstić information content (AvgIpc) is 3.08. The molecule has 4 unspecified atom stereocenters. The summed E-state index contributed by atoms with van der Waals surface area (Å²) in [4.78, 5) is 12.0. The fraction of sp³-hybridized carbons (Fsp3) is 0.842. The van der Waals surface area contributed by atoms with Gasteiger partial charge in [0.1, 0.15) is 18.2 Å². The van der Waals surface area contributed by atoms with Crippen LogP contribution in [0.25, 0.3) is 0 Å². The largest absolute Gasteiger partial charge is 0.371 e. The van der Waals surface area contributed by atoms with E-state index in [9.17, 15) is 4.79 Å². The van der Waals surface area contributed by atoms with Gasteiger partial charge in [0.05, 0.1) is 24.9 Å². The Balaban J connectivity index is 1.21. The van der Waals surface area contributed by atoms with Crippen molar-refractivity contribution in [3.63, 3.8) is 0 Å². The van der Waals surface area contributed by atoms with Gasteiger partial charge in [0.25, 0.3) is 0 Å². The van der Waals surface area contributed by atoms with E-state index < -0.39 is 0 Å². The molecule has 2 saturated carbocycles. The first-order valence-corrected chi connectivity index (χ1v) is 10.2. The third-order valence-electron chi connectivity index (χ3n) is 6.42. The van der Waals surface area contributed by atoms with Crippen LogP contribution in [0.5, 0.6) is 0 Å². The minimum absolute atomic E-state index is 0.0386. The van der Waals surface area contributed by atoms with Crippen molar-refractivity contribution in [1.82, 2.24) is 20.3 Å². The Morgan fingerprint density at radius 1 is 1.12 bits per heavy atom. The topological polar surface area (TPSA) is 78.3 Å². The molecule has 3 heterocycles. The van der Waals surface area contributed by atoms with Crippen molar-refractivity contribution in [2.75, 3.05) is 13.2 Å². The third kappa shape index (κ3) is 3.27. The van der Waals surface area contributed by atoms with Gasteiger partial charge in [-0.15, -0.1) is 5.10 Å². The lowest BCUT2D eigenvalue weighted by molar-refractivity contribution is -0.123. The van der Waals surface area contributed by atoms with E-state index in [4.69, 9.17) is 9.47 Å². The molecule has 4 aliphatic rings. The van der Waals surface area contributed by atoms with Gasteiger partial charge in [-0.1, -0.05) is 37.3 Å². The normalized spacial score (nSPS) is 34.8. The Labute approximate surface area is 153 Å². The van der Waals surface area contributed by atoms with E-state index in [2.05, 4.69) is 21.8 Å². The standard InChI is InChI=1S/C19H28N4O3/c24-19(13-6-7-13)20-15-10-25-18-16(11-26-17(15)18)23-9-14(21-22-23)8-12-4-2-1-3-5-12/h9,12-13,15-18H,1-8,10-11H2,(H,20,24). The lowest BCUT2D eigenvalue weighted by Gasteiger charge is -2.20. The van der Waals surface area contributed by atoms with E-state index in [0.717, 1.165) is 30.9 Å². The highest BCUT2D eigenvalue weighted by atomic mass is 16.6. The molecule has 4 atom stereocenters. The van der Waals surface area contributed by atoms with Crippen molar-refractivity contribution in [2.24, 2.45) is 11.8 Å². The molecule has 0 radical (unpaired) electrons. The van der Waals surface area contributed by atoms with Crippen LogP contribution >= 0.6 is 0 Å². The number of fused-ring (bicyclic) bond motifs is 1. The molecule has 2 aliphatic heterocycles. The number of ether oxygens (including phenoxy) is 2. The Kier molecular flexibility index (Phi) is 4.44. The highest BCUT2D eigenvalue weighted by Crippen LogP contribution is 2.35. The van der Waals surface area contributed by atoms with Crippen LogP contribution < -0.4 is 5.32 Å². The van der Waals surface area contributed by atoms with Crippen LogP contribution in [-0.2, 0) is 20.7 Å². The zero-order valence-corrected chi connectivity index (χ0v) is 15.2. The van der Waals surface area contributed by atoms with E-state index in [0.29, 0.717) is 13.2 Å². The lowest BCUT2D eigenvalue weighted by atomic mass is 9.86. The minimum atomic E-state index is -0.0753. The molecule has 1 N–H and O–H groups in total. The fourth-order valence-corrected chi connectivity index (χ4v) is 4.73. The summed E-state index contributed by atoms with van der Waals surface area (Å²) in [5, 5.41) is 11.9. The van der Waals surface area contributed by atoms with Crippen molar-refractivity contribution >= 4 is 5.91 Å². The van der Waals surface area contributed by atoms with Gasteiger partial charge in [-0.2, -0.15) is 0 Å². The van der Waals surface area contributed by atoms with Gasteiger partial charge in [-0.3, -0.25) is 4.79 Å². The lowest BCUT2D eigenvalue weighted by Crippen LogP contribution is -2.44. The maximum atomic E-state index is 12.0. The van der Waals surface area contributed by atoms with Crippen LogP contribution in [0.3, 0.4) is 0 Å². The van der Waals surface area contributed by atoms with Crippen molar-refractivity contribution < 1.29 is 14.3 Å². The van der Waals surface area contributed by atoms with E-state index in [1.165, 1.54) is 32.1 Å². The van der Waals surface area contributed by atoms with Gasteiger partial charge < -0.3 is 14.8 Å². The number of nitrogens with zero attached hydrogens (tertiary/aromatic N) is 3. The predicted molar refractivity (Wildman–Crippen MR) is 93.5 cm³/mol. The van der Waals surface area contributed by atoms with Gasteiger partial charge in [0, 0.05) is 12.1 Å². The predicted octanol–water partition coefficient (Wildman–Crippen LogP) is 1.63. The number of carbonyl (C=O) groups is 1. The number of hydrogen-bond donors (Lipinski definition) is 1. The van der Waals surface area contributed by atoms with Gasteiger partial charge in [-0.05, 0) is 25.2 Å². The molecule has 7 nitrogen and oxygen atoms in total. The Morgan fingerprint density at radius 2 is 1.92 bits per heavy atom. The number of aromatic nitrogens is 3. The van der Waals surface area contributed by atoms with E-state index in [1.54, 1.807) is 0 Å². The van der Waals surface area contributed by atoms with Crippen molar-refractivity contribution in [1.29, 1.82) is 0 Å². The summed E-state index contributed by atoms with van der Waals surface area (Å²) in [5.41, 5.74) is 1.08. The monoisotopic (exact) mass is 360 g/mol. The summed E-state index contributed by atoms with van der Waals surface area (Å²) < 4.78 is 13.9. The summed E-state index contributed by atoms with van der Waals surface area (Å²) >= 11 is 0. The average molecular weight is 360 g/mol. The van der Waals surface area contributed by atoms with Crippen LogP contribution in [0.4, 0.5) is 0 Å². The number of amides is 1. The molecule has 0 aromatic carbocycles. The molecule has 26 heavy (non-hydrogen) atoms. The molecular formula is C19H28N4O3. The van der Waals surface area contributed by atoms with Crippen LogP contribution in [0.2, 0.25) is 0 Å². The Bertz CT molecular complexity index is 653. The second-order valence-electron chi connectivity index (χ2n) is 8.45. The summed E-state index contributed by atoms with van der Waals surface area (Å²) in [6.07, 6.45) is 11.7. The molecule has 1 aromatic rings. The second kappa shape index (κ2) is 6.93. The Morgan fingerprint density at radius 3 is 2.73 bits per heavy atom. The van der Waals surface area contributed by atoms with Crippen molar-refractivity contribution in [2.45, 2.75) is 75.7 Å². The number of hydrogen-bond acceptors (Lipinski definition) is 5. The molecule has 2 saturated heterocycles. The summed E-state index contributed by atoms with van der Waals surface area (Å²) in [7, 11) is 0. The highest BCUT2D eigenvalue weighted by molar-refractivity contribution is 5.81. The molecular weight excluding hydrogens is 332 g/mol. The molecule has 7 heteroatoms. The smallest absolute Gasteiger partial charge is 0.223 e. The molecule has 1 aromatic heterocycles. The first kappa shape index (κ1) is 16.7. The van der Waals surface area contributed by atoms with Crippen molar-refractivity contribution in [3.05, 3.63) is 11.9 Å². The first-order chi connectivity index (χ1) is 12.8. The maximum Gasteiger partial charge on any atom is 0.223 e. The zero-order valence-electron chi connectivity index (χ0n) is 15.2. The molecule has 5 rings (SSSR count). The molecule has 0 spiro atoms. The number of rotatable bonds is 5. The fourth-order valence-electron chi connectivity index (χ4n) is 4.73. The summed E-state index contributed by atoms with van der Waals surface area (Å²) in [6.45, 7) is 1.09. The molecule has 142 valence electrons. The quantitative estimate of drug-likeness (QED) is 0.864. The highest BCUT2D eigenvalue weighted by Gasteiger charge is 2.50.